The molecule has 0 spiro atoms. The molecule has 1 saturated heterocycles. The van der Waals surface area contributed by atoms with Gasteiger partial charge in [-0.1, -0.05) is 17.7 Å². The van der Waals surface area contributed by atoms with Crippen LogP contribution >= 0.6 is 0 Å². The number of hydrogen-bond acceptors (Lipinski definition) is 6. The molecule has 0 saturated carbocycles. The van der Waals surface area contributed by atoms with E-state index in [4.69, 9.17) is 4.74 Å². The molecule has 8 nitrogen and oxygen atoms in total. The number of carbonyl (C=O) groups excluding carboxylic acids is 2. The highest BCUT2D eigenvalue weighted by Crippen LogP contribution is 2.42. The second kappa shape index (κ2) is 8.58. The average molecular weight is 444 g/mol. The number of aliphatic hydroxyl groups is 1. The number of Topliss-reactive ketones (excluding diaryl/α,β-unsaturated/α-hetero) is 1. The highest BCUT2D eigenvalue weighted by molar-refractivity contribution is 6.51. The van der Waals surface area contributed by atoms with Crippen LogP contribution in [0.1, 0.15) is 22.7 Å². The number of carbonyl (C=O) groups is 2. The Balaban J connectivity index is 1.91. The fraction of sp³-hybridized carbons (Fsp3) is 0.120. The normalized spacial score (nSPS) is 17.3. The molecule has 1 aliphatic heterocycles. The molecule has 0 bridgehead atoms. The zero-order valence-corrected chi connectivity index (χ0v) is 17.9. The maximum atomic E-state index is 13.1. The van der Waals surface area contributed by atoms with Crippen LogP contribution in [0.4, 0.5) is 11.4 Å². The number of aliphatic hydroxyl groups excluding tert-OH is 1. The Hall–Kier alpha value is -4.46. The SMILES string of the molecule is COc1ccc(/C(O)=C2\C(=O)C(=O)N(c3ccc(C)cc3)[C@@H]2c2ccc([N+](=O)[O-])cc2)cc1. The number of nitrogens with zero attached hydrogens (tertiary/aromatic N) is 2. The first kappa shape index (κ1) is 21.8. The van der Waals surface area contributed by atoms with Crippen LogP contribution in [0.5, 0.6) is 5.75 Å². The molecule has 33 heavy (non-hydrogen) atoms. The van der Waals surface area contributed by atoms with E-state index in [2.05, 4.69) is 0 Å². The summed E-state index contributed by atoms with van der Waals surface area (Å²) >= 11 is 0. The van der Waals surface area contributed by atoms with E-state index in [9.17, 15) is 24.8 Å². The van der Waals surface area contributed by atoms with Gasteiger partial charge in [-0.15, -0.1) is 0 Å². The summed E-state index contributed by atoms with van der Waals surface area (Å²) in [6.07, 6.45) is 0. The van der Waals surface area contributed by atoms with E-state index in [1.165, 1.54) is 36.3 Å². The molecule has 3 aromatic carbocycles. The highest BCUT2D eigenvalue weighted by Gasteiger charge is 2.47. The van der Waals surface area contributed by atoms with E-state index in [0.29, 0.717) is 22.6 Å². The lowest BCUT2D eigenvalue weighted by Gasteiger charge is -2.25. The minimum absolute atomic E-state index is 0.0976. The molecule has 0 radical (unpaired) electrons. The maximum absolute atomic E-state index is 13.1. The number of hydrogen-bond donors (Lipinski definition) is 1. The third-order valence-electron chi connectivity index (χ3n) is 5.54. The van der Waals surface area contributed by atoms with Gasteiger partial charge in [0.2, 0.25) is 0 Å². The van der Waals surface area contributed by atoms with Crippen LogP contribution in [0, 0.1) is 17.0 Å². The van der Waals surface area contributed by atoms with Gasteiger partial charge in [0.05, 0.1) is 23.6 Å². The van der Waals surface area contributed by atoms with Crippen LogP contribution in [0.3, 0.4) is 0 Å². The van der Waals surface area contributed by atoms with E-state index in [1.807, 2.05) is 19.1 Å². The molecule has 1 N–H and O–H groups in total. The number of ketones is 1. The van der Waals surface area contributed by atoms with Gasteiger partial charge in [0, 0.05) is 23.4 Å². The molecule has 0 aliphatic carbocycles. The van der Waals surface area contributed by atoms with E-state index < -0.39 is 22.7 Å². The lowest BCUT2D eigenvalue weighted by molar-refractivity contribution is -0.384. The van der Waals surface area contributed by atoms with Gasteiger partial charge in [0.15, 0.2) is 0 Å². The van der Waals surface area contributed by atoms with Crippen molar-refractivity contribution in [2.75, 3.05) is 12.0 Å². The summed E-state index contributed by atoms with van der Waals surface area (Å²) in [6.45, 7) is 1.90. The fourth-order valence-electron chi connectivity index (χ4n) is 3.80. The third kappa shape index (κ3) is 3.94. The molecule has 8 heteroatoms. The summed E-state index contributed by atoms with van der Waals surface area (Å²) in [5, 5.41) is 22.2. The summed E-state index contributed by atoms with van der Waals surface area (Å²) in [5.41, 5.74) is 2.01. The van der Waals surface area contributed by atoms with Gasteiger partial charge in [-0.05, 0) is 61.0 Å². The van der Waals surface area contributed by atoms with Crippen molar-refractivity contribution in [2.24, 2.45) is 0 Å². The average Bonchev–Trinajstić information content (AvgIpc) is 3.09. The van der Waals surface area contributed by atoms with Crippen LogP contribution in [0.15, 0.2) is 78.4 Å². The van der Waals surface area contributed by atoms with E-state index in [-0.39, 0.29) is 17.0 Å². The number of non-ortho nitro benzene ring substituents is 1. The number of amides is 1. The first-order valence-corrected chi connectivity index (χ1v) is 10.1. The minimum atomic E-state index is -0.962. The van der Waals surface area contributed by atoms with Gasteiger partial charge in [-0.2, -0.15) is 0 Å². The molecule has 1 heterocycles. The van der Waals surface area contributed by atoms with Crippen molar-refractivity contribution in [2.45, 2.75) is 13.0 Å². The Bertz CT molecular complexity index is 1260. The molecule has 0 aromatic heterocycles. The second-order valence-corrected chi connectivity index (χ2v) is 7.58. The molecular weight excluding hydrogens is 424 g/mol. The van der Waals surface area contributed by atoms with Gasteiger partial charge >= 0.3 is 0 Å². The highest BCUT2D eigenvalue weighted by atomic mass is 16.6. The smallest absolute Gasteiger partial charge is 0.300 e. The largest absolute Gasteiger partial charge is 0.507 e. The van der Waals surface area contributed by atoms with Crippen molar-refractivity contribution in [1.82, 2.24) is 0 Å². The van der Waals surface area contributed by atoms with E-state index >= 15 is 0 Å². The first-order chi connectivity index (χ1) is 15.8. The standard InChI is InChI=1S/C25H20N2O6/c1-15-3-9-18(10-4-15)26-22(16-5-11-19(12-6-16)27(31)32)21(24(29)25(26)30)23(28)17-7-13-20(33-2)14-8-17/h3-14,22,28H,1-2H3/b23-21+/t22-/m1/s1. The number of aryl methyl sites for hydroxylation is 1. The Morgan fingerprint density at radius 1 is 0.970 bits per heavy atom. The first-order valence-electron chi connectivity index (χ1n) is 10.1. The monoisotopic (exact) mass is 444 g/mol. The Morgan fingerprint density at radius 3 is 2.12 bits per heavy atom. The molecule has 1 atom stereocenters. The number of ether oxygens (including phenoxy) is 1. The third-order valence-corrected chi connectivity index (χ3v) is 5.54. The van der Waals surface area contributed by atoms with Gasteiger partial charge in [-0.25, -0.2) is 0 Å². The summed E-state index contributed by atoms with van der Waals surface area (Å²) in [7, 11) is 1.51. The van der Waals surface area contributed by atoms with Crippen molar-refractivity contribution < 1.29 is 24.4 Å². The van der Waals surface area contributed by atoms with Crippen LogP contribution in [-0.4, -0.2) is 28.8 Å². The van der Waals surface area contributed by atoms with Gasteiger partial charge in [-0.3, -0.25) is 24.6 Å². The molecule has 1 aliphatic rings. The molecule has 4 rings (SSSR count). The Morgan fingerprint density at radius 2 is 1.58 bits per heavy atom. The summed E-state index contributed by atoms with van der Waals surface area (Å²) < 4.78 is 5.14. The van der Waals surface area contributed by atoms with Gasteiger partial charge < -0.3 is 9.84 Å². The molecule has 1 fully saturated rings. The van der Waals surface area contributed by atoms with Gasteiger partial charge in [0.25, 0.3) is 17.4 Å². The van der Waals surface area contributed by atoms with Crippen molar-refractivity contribution in [3.8, 4) is 5.75 Å². The number of benzene rings is 3. The minimum Gasteiger partial charge on any atom is -0.507 e. The van der Waals surface area contributed by atoms with E-state index in [0.717, 1.165) is 5.56 Å². The van der Waals surface area contributed by atoms with Crippen LogP contribution in [0.2, 0.25) is 0 Å². The number of nitro groups is 1. The molecule has 1 amide bonds. The molecular formula is C25H20N2O6. The van der Waals surface area contributed by atoms with Crippen molar-refractivity contribution in [3.63, 3.8) is 0 Å². The molecule has 0 unspecified atom stereocenters. The lowest BCUT2D eigenvalue weighted by Crippen LogP contribution is -2.29. The van der Waals surface area contributed by atoms with Crippen LogP contribution in [-0.2, 0) is 9.59 Å². The van der Waals surface area contributed by atoms with Crippen LogP contribution < -0.4 is 9.64 Å². The van der Waals surface area contributed by atoms with Crippen molar-refractivity contribution >= 4 is 28.8 Å². The van der Waals surface area contributed by atoms with Crippen LogP contribution in [0.25, 0.3) is 5.76 Å². The molecule has 3 aromatic rings. The van der Waals surface area contributed by atoms with Crippen molar-refractivity contribution in [1.29, 1.82) is 0 Å². The molecule has 166 valence electrons. The summed E-state index contributed by atoms with van der Waals surface area (Å²) in [4.78, 5) is 38.1. The number of rotatable bonds is 5. The predicted octanol–water partition coefficient (Wildman–Crippen LogP) is 4.54. The number of methoxy groups -OCH3 is 1. The second-order valence-electron chi connectivity index (χ2n) is 7.58. The quantitative estimate of drug-likeness (QED) is 0.203. The number of nitro benzene ring substituents is 1. The predicted molar refractivity (Wildman–Crippen MR) is 122 cm³/mol. The number of anilines is 1. The summed E-state index contributed by atoms with van der Waals surface area (Å²) in [6, 6.07) is 18.1. The Kier molecular flexibility index (Phi) is 5.66. The fourth-order valence-corrected chi connectivity index (χ4v) is 3.80. The maximum Gasteiger partial charge on any atom is 0.300 e. The Labute approximate surface area is 189 Å². The zero-order chi connectivity index (χ0) is 23.7. The topological polar surface area (TPSA) is 110 Å². The van der Waals surface area contributed by atoms with E-state index in [1.54, 1.807) is 36.4 Å². The summed E-state index contributed by atoms with van der Waals surface area (Å²) in [5.74, 6) is -1.41. The zero-order valence-electron chi connectivity index (χ0n) is 17.9. The van der Waals surface area contributed by atoms with Crippen molar-refractivity contribution in [3.05, 3.63) is 105 Å². The lowest BCUT2D eigenvalue weighted by atomic mass is 9.95. The van der Waals surface area contributed by atoms with Gasteiger partial charge in [0.1, 0.15) is 11.5 Å².